The summed E-state index contributed by atoms with van der Waals surface area (Å²) in [6.45, 7) is 6.16. The van der Waals surface area contributed by atoms with E-state index in [2.05, 4.69) is 0 Å². The van der Waals surface area contributed by atoms with Crippen molar-refractivity contribution in [2.24, 2.45) is 0 Å². The Balaban J connectivity index is 2.26. The minimum absolute atomic E-state index is 0.213. The molecule has 0 aliphatic rings. The zero-order valence-corrected chi connectivity index (χ0v) is 12.4. The molecule has 0 aromatic heterocycles. The first-order chi connectivity index (χ1) is 9.52. The van der Waals surface area contributed by atoms with Crippen LogP contribution in [0.1, 0.15) is 43.7 Å². The van der Waals surface area contributed by atoms with Crippen LogP contribution in [0.4, 0.5) is 0 Å². The first-order valence-corrected chi connectivity index (χ1v) is 6.96. The van der Waals surface area contributed by atoms with Crippen LogP contribution in [0.5, 0.6) is 5.75 Å². The summed E-state index contributed by atoms with van der Waals surface area (Å²) < 4.78 is 10.1. The Bertz CT molecular complexity index is 466. The molecule has 0 heterocycles. The number of unbranched alkanes of at least 4 members (excludes halogenated alkanes) is 1. The lowest BCUT2D eigenvalue weighted by molar-refractivity contribution is -0.143. The summed E-state index contributed by atoms with van der Waals surface area (Å²) in [6, 6.07) is 5.57. The van der Waals surface area contributed by atoms with Gasteiger partial charge in [-0.2, -0.15) is 0 Å². The molecule has 0 aliphatic heterocycles. The highest BCUT2D eigenvalue weighted by atomic mass is 16.5. The monoisotopic (exact) mass is 278 g/mol. The van der Waals surface area contributed by atoms with Crippen molar-refractivity contribution in [2.45, 2.75) is 46.5 Å². The topological polar surface area (TPSA) is 52.6 Å². The maximum Gasteiger partial charge on any atom is 0.311 e. The van der Waals surface area contributed by atoms with Gasteiger partial charge in [-0.1, -0.05) is 6.07 Å². The van der Waals surface area contributed by atoms with Crippen LogP contribution in [-0.4, -0.2) is 18.5 Å². The van der Waals surface area contributed by atoms with Crippen molar-refractivity contribution in [1.82, 2.24) is 0 Å². The smallest absolute Gasteiger partial charge is 0.311 e. The van der Waals surface area contributed by atoms with Crippen molar-refractivity contribution in [1.29, 1.82) is 0 Å². The lowest BCUT2D eigenvalue weighted by Gasteiger charge is -2.06. The van der Waals surface area contributed by atoms with Gasteiger partial charge < -0.3 is 9.47 Å². The third-order valence-corrected chi connectivity index (χ3v) is 3.03. The van der Waals surface area contributed by atoms with Gasteiger partial charge in [0.1, 0.15) is 5.75 Å². The molecule has 0 atom stereocenters. The van der Waals surface area contributed by atoms with Crippen molar-refractivity contribution < 1.29 is 19.1 Å². The van der Waals surface area contributed by atoms with E-state index < -0.39 is 0 Å². The molecule has 0 spiro atoms. The number of esters is 2. The van der Waals surface area contributed by atoms with Crippen LogP contribution in [0.25, 0.3) is 0 Å². The molecule has 0 fully saturated rings. The molecule has 4 heteroatoms. The summed E-state index contributed by atoms with van der Waals surface area (Å²) >= 11 is 0. The Morgan fingerprint density at radius 1 is 1.00 bits per heavy atom. The van der Waals surface area contributed by atoms with Gasteiger partial charge in [-0.15, -0.1) is 0 Å². The van der Waals surface area contributed by atoms with Crippen LogP contribution >= 0.6 is 0 Å². The molecule has 0 bridgehead atoms. The van der Waals surface area contributed by atoms with Crippen molar-refractivity contribution in [2.75, 3.05) is 6.61 Å². The molecule has 0 saturated carbocycles. The molecular weight excluding hydrogens is 256 g/mol. The Hall–Kier alpha value is -1.84. The van der Waals surface area contributed by atoms with E-state index in [-0.39, 0.29) is 11.9 Å². The molecule has 0 aliphatic carbocycles. The van der Waals surface area contributed by atoms with E-state index in [4.69, 9.17) is 9.47 Å². The molecule has 0 radical (unpaired) electrons. The molecule has 110 valence electrons. The number of ether oxygens (including phenoxy) is 2. The number of aryl methyl sites for hydroxylation is 2. The second-order valence-corrected chi connectivity index (χ2v) is 4.73. The fourth-order valence-corrected chi connectivity index (χ4v) is 1.73. The summed E-state index contributed by atoms with van der Waals surface area (Å²) in [4.78, 5) is 22.8. The Labute approximate surface area is 120 Å². The average molecular weight is 278 g/mol. The number of hydrogen-bond donors (Lipinski definition) is 0. The summed E-state index contributed by atoms with van der Waals surface area (Å²) in [5.74, 6) is 0.0932. The van der Waals surface area contributed by atoms with Crippen LogP contribution in [0.3, 0.4) is 0 Å². The minimum atomic E-state index is -0.267. The molecular formula is C16H22O4. The standard InChI is InChI=1S/C16H22O4/c1-4-19-15(17)7-5-6-8-16(18)20-14-10-9-12(2)13(3)11-14/h9-11H,4-8H2,1-3H3. The van der Waals surface area contributed by atoms with Gasteiger partial charge in [0.05, 0.1) is 6.61 Å². The predicted octanol–water partition coefficient (Wildman–Crippen LogP) is 3.33. The number of carbonyl (C=O) groups excluding carboxylic acids is 2. The van der Waals surface area contributed by atoms with Crippen LogP contribution in [0.15, 0.2) is 18.2 Å². The van der Waals surface area contributed by atoms with Gasteiger partial charge in [-0.05, 0) is 56.9 Å². The number of hydrogen-bond acceptors (Lipinski definition) is 4. The summed E-state index contributed by atoms with van der Waals surface area (Å²) in [7, 11) is 0. The third-order valence-electron chi connectivity index (χ3n) is 3.03. The average Bonchev–Trinajstić information content (AvgIpc) is 2.39. The molecule has 1 aromatic rings. The number of rotatable bonds is 7. The van der Waals surface area contributed by atoms with Crippen molar-refractivity contribution in [3.63, 3.8) is 0 Å². The minimum Gasteiger partial charge on any atom is -0.466 e. The molecule has 0 amide bonds. The van der Waals surface area contributed by atoms with Gasteiger partial charge in [0.2, 0.25) is 0 Å². The Kier molecular flexibility index (Phi) is 6.77. The first-order valence-electron chi connectivity index (χ1n) is 6.96. The van der Waals surface area contributed by atoms with E-state index in [1.54, 1.807) is 13.0 Å². The van der Waals surface area contributed by atoms with E-state index in [9.17, 15) is 9.59 Å². The molecule has 1 aromatic carbocycles. The maximum absolute atomic E-state index is 11.6. The SMILES string of the molecule is CCOC(=O)CCCCC(=O)Oc1ccc(C)c(C)c1. The van der Waals surface area contributed by atoms with E-state index in [0.717, 1.165) is 5.56 Å². The number of carbonyl (C=O) groups is 2. The van der Waals surface area contributed by atoms with Crippen LogP contribution < -0.4 is 4.74 Å². The predicted molar refractivity (Wildman–Crippen MR) is 76.7 cm³/mol. The van der Waals surface area contributed by atoms with E-state index in [1.165, 1.54) is 5.56 Å². The fraction of sp³-hybridized carbons (Fsp3) is 0.500. The van der Waals surface area contributed by atoms with Crippen molar-refractivity contribution in [3.05, 3.63) is 29.3 Å². The van der Waals surface area contributed by atoms with Crippen LogP contribution in [0.2, 0.25) is 0 Å². The van der Waals surface area contributed by atoms with E-state index in [1.807, 2.05) is 26.0 Å². The second kappa shape index (κ2) is 8.35. The van der Waals surface area contributed by atoms with Gasteiger partial charge in [0.15, 0.2) is 0 Å². The summed E-state index contributed by atoms with van der Waals surface area (Å²) in [5.41, 5.74) is 2.26. The number of benzene rings is 1. The van der Waals surface area contributed by atoms with Crippen LogP contribution in [0, 0.1) is 13.8 Å². The zero-order chi connectivity index (χ0) is 15.0. The zero-order valence-electron chi connectivity index (χ0n) is 12.4. The third kappa shape index (κ3) is 5.87. The summed E-state index contributed by atoms with van der Waals surface area (Å²) in [5, 5.41) is 0. The molecule has 0 saturated heterocycles. The summed E-state index contributed by atoms with van der Waals surface area (Å²) in [6.07, 6.45) is 1.93. The molecule has 4 nitrogen and oxygen atoms in total. The highest BCUT2D eigenvalue weighted by Gasteiger charge is 2.07. The second-order valence-electron chi connectivity index (χ2n) is 4.73. The molecule has 0 N–H and O–H groups in total. The van der Waals surface area contributed by atoms with Gasteiger partial charge in [0, 0.05) is 12.8 Å². The highest BCUT2D eigenvalue weighted by molar-refractivity contribution is 5.72. The van der Waals surface area contributed by atoms with Crippen molar-refractivity contribution >= 4 is 11.9 Å². The molecule has 20 heavy (non-hydrogen) atoms. The van der Waals surface area contributed by atoms with Gasteiger partial charge in [-0.3, -0.25) is 9.59 Å². The maximum atomic E-state index is 11.6. The molecule has 1 rings (SSSR count). The van der Waals surface area contributed by atoms with Crippen molar-refractivity contribution in [3.8, 4) is 5.75 Å². The lowest BCUT2D eigenvalue weighted by atomic mass is 10.1. The fourth-order valence-electron chi connectivity index (χ4n) is 1.73. The molecule has 0 unspecified atom stereocenters. The highest BCUT2D eigenvalue weighted by Crippen LogP contribution is 2.17. The quantitative estimate of drug-likeness (QED) is 0.436. The first kappa shape index (κ1) is 16.2. The Morgan fingerprint density at radius 2 is 1.65 bits per heavy atom. The normalized spacial score (nSPS) is 10.2. The van der Waals surface area contributed by atoms with Gasteiger partial charge >= 0.3 is 11.9 Å². The Morgan fingerprint density at radius 3 is 2.25 bits per heavy atom. The van der Waals surface area contributed by atoms with Crippen LogP contribution in [-0.2, 0) is 14.3 Å². The van der Waals surface area contributed by atoms with Gasteiger partial charge in [-0.25, -0.2) is 0 Å². The lowest BCUT2D eigenvalue weighted by Crippen LogP contribution is -2.09. The van der Waals surface area contributed by atoms with E-state index >= 15 is 0 Å². The largest absolute Gasteiger partial charge is 0.466 e. The van der Waals surface area contributed by atoms with Gasteiger partial charge in [0.25, 0.3) is 0 Å². The van der Waals surface area contributed by atoms with E-state index in [0.29, 0.717) is 38.0 Å².